The number of nitrogens with zero attached hydrogens (tertiary/aromatic N) is 2. The minimum Gasteiger partial charge on any atom is -0.497 e. The molecule has 2 N–H and O–H groups in total. The number of sulfonamides is 1. The van der Waals surface area contributed by atoms with E-state index in [0.717, 1.165) is 0 Å². The van der Waals surface area contributed by atoms with Crippen LogP contribution in [0.1, 0.15) is 0 Å². The van der Waals surface area contributed by atoms with Crippen LogP contribution in [0.2, 0.25) is 0 Å². The van der Waals surface area contributed by atoms with Crippen molar-refractivity contribution >= 4 is 15.7 Å². The van der Waals surface area contributed by atoms with Gasteiger partial charge in [-0.15, -0.1) is 0 Å². The molecule has 7 nitrogen and oxygen atoms in total. The molecule has 0 aliphatic carbocycles. The van der Waals surface area contributed by atoms with E-state index in [4.69, 9.17) is 4.74 Å². The summed E-state index contributed by atoms with van der Waals surface area (Å²) in [4.78, 5) is 0.134. The van der Waals surface area contributed by atoms with Crippen molar-refractivity contribution in [3.8, 4) is 5.75 Å². The maximum atomic E-state index is 12.2. The van der Waals surface area contributed by atoms with Crippen molar-refractivity contribution in [1.29, 1.82) is 0 Å². The molecule has 0 saturated heterocycles. The second kappa shape index (κ2) is 6.59. The van der Waals surface area contributed by atoms with Gasteiger partial charge in [0, 0.05) is 18.4 Å². The number of rotatable bonds is 7. The topological polar surface area (TPSA) is 85.2 Å². The predicted molar refractivity (Wildman–Crippen MR) is 80.0 cm³/mol. The van der Waals surface area contributed by atoms with E-state index in [-0.39, 0.29) is 4.90 Å². The number of likely N-dealkylation sites (N-methyl/N-ethyl adjacent to an activating group) is 1. The molecule has 0 radical (unpaired) electrons. The van der Waals surface area contributed by atoms with E-state index in [1.807, 2.05) is 7.05 Å². The second-order valence-corrected chi connectivity index (χ2v) is 6.06. The number of hydrogen-bond acceptors (Lipinski definition) is 5. The first-order valence-electron chi connectivity index (χ1n) is 6.39. The van der Waals surface area contributed by atoms with E-state index in [1.165, 1.54) is 12.4 Å². The number of aromatic nitrogens is 2. The molecule has 0 unspecified atom stereocenters. The molecule has 1 aromatic heterocycles. The van der Waals surface area contributed by atoms with Gasteiger partial charge in [-0.05, 0) is 31.3 Å². The Hall–Kier alpha value is -2.06. The Balaban J connectivity index is 2.11. The molecule has 21 heavy (non-hydrogen) atoms. The van der Waals surface area contributed by atoms with E-state index >= 15 is 0 Å². The lowest BCUT2D eigenvalue weighted by Crippen LogP contribution is -2.15. The van der Waals surface area contributed by atoms with E-state index in [2.05, 4.69) is 15.1 Å². The molecule has 0 bridgehead atoms. The molecule has 2 aromatic rings. The zero-order chi connectivity index (χ0) is 15.3. The Labute approximate surface area is 124 Å². The first-order chi connectivity index (χ1) is 10.0. The SMILES string of the molecule is CNCCn1cc(S(=O)(=O)Nc2ccc(OC)cc2)cn1. The van der Waals surface area contributed by atoms with Crippen molar-refractivity contribution in [3.63, 3.8) is 0 Å². The standard InChI is InChI=1S/C13H18N4O3S/c1-14-7-8-17-10-13(9-15-17)21(18,19)16-11-3-5-12(20-2)6-4-11/h3-6,9-10,14,16H,7-8H2,1-2H3. The highest BCUT2D eigenvalue weighted by atomic mass is 32.2. The molecular weight excluding hydrogens is 292 g/mol. The normalized spacial score (nSPS) is 11.3. The van der Waals surface area contributed by atoms with Crippen molar-refractivity contribution in [1.82, 2.24) is 15.1 Å². The molecule has 8 heteroatoms. The van der Waals surface area contributed by atoms with Gasteiger partial charge < -0.3 is 10.1 Å². The zero-order valence-electron chi connectivity index (χ0n) is 11.9. The van der Waals surface area contributed by atoms with Crippen LogP contribution in [-0.2, 0) is 16.6 Å². The molecule has 2 rings (SSSR count). The third kappa shape index (κ3) is 3.96. The molecule has 0 aliphatic heterocycles. The Morgan fingerprint density at radius 1 is 1.29 bits per heavy atom. The van der Waals surface area contributed by atoms with Crippen molar-refractivity contribution in [3.05, 3.63) is 36.7 Å². The molecule has 1 heterocycles. The van der Waals surface area contributed by atoms with Gasteiger partial charge in [-0.3, -0.25) is 9.40 Å². The van der Waals surface area contributed by atoms with E-state index < -0.39 is 10.0 Å². The lowest BCUT2D eigenvalue weighted by molar-refractivity contribution is 0.415. The van der Waals surface area contributed by atoms with Gasteiger partial charge in [0.2, 0.25) is 0 Å². The summed E-state index contributed by atoms with van der Waals surface area (Å²) in [5, 5.41) is 7.00. The van der Waals surface area contributed by atoms with Gasteiger partial charge in [-0.2, -0.15) is 5.10 Å². The zero-order valence-corrected chi connectivity index (χ0v) is 12.7. The fraction of sp³-hybridized carbons (Fsp3) is 0.308. The van der Waals surface area contributed by atoms with Gasteiger partial charge in [0.1, 0.15) is 10.6 Å². The Kier molecular flexibility index (Phi) is 4.81. The molecule has 0 spiro atoms. The summed E-state index contributed by atoms with van der Waals surface area (Å²) < 4.78 is 33.6. The van der Waals surface area contributed by atoms with Crippen LogP contribution in [0.5, 0.6) is 5.75 Å². The highest BCUT2D eigenvalue weighted by Gasteiger charge is 2.16. The summed E-state index contributed by atoms with van der Waals surface area (Å²) in [7, 11) is -0.252. The minimum atomic E-state index is -3.63. The highest BCUT2D eigenvalue weighted by molar-refractivity contribution is 7.92. The van der Waals surface area contributed by atoms with Gasteiger partial charge in [-0.25, -0.2) is 8.42 Å². The van der Waals surface area contributed by atoms with Crippen molar-refractivity contribution in [2.45, 2.75) is 11.4 Å². The average molecular weight is 310 g/mol. The third-order valence-electron chi connectivity index (χ3n) is 2.85. The number of methoxy groups -OCH3 is 1. The van der Waals surface area contributed by atoms with Gasteiger partial charge in [0.25, 0.3) is 10.0 Å². The fourth-order valence-corrected chi connectivity index (χ4v) is 2.72. The van der Waals surface area contributed by atoms with Crippen LogP contribution < -0.4 is 14.8 Å². The molecule has 0 aliphatic rings. The van der Waals surface area contributed by atoms with Crippen LogP contribution in [0.25, 0.3) is 0 Å². The van der Waals surface area contributed by atoms with Crippen LogP contribution >= 0.6 is 0 Å². The van der Waals surface area contributed by atoms with E-state index in [0.29, 0.717) is 24.5 Å². The molecule has 0 saturated carbocycles. The number of ether oxygens (including phenoxy) is 1. The molecular formula is C13H18N4O3S. The van der Waals surface area contributed by atoms with Crippen LogP contribution in [0.3, 0.4) is 0 Å². The maximum Gasteiger partial charge on any atom is 0.265 e. The summed E-state index contributed by atoms with van der Waals surface area (Å²) in [6.07, 6.45) is 2.84. The van der Waals surface area contributed by atoms with Crippen LogP contribution in [0.4, 0.5) is 5.69 Å². The molecule has 0 atom stereocenters. The Morgan fingerprint density at radius 2 is 2.00 bits per heavy atom. The first kappa shape index (κ1) is 15.3. The summed E-state index contributed by atoms with van der Waals surface area (Å²) in [6.45, 7) is 1.32. The lowest BCUT2D eigenvalue weighted by atomic mass is 10.3. The summed E-state index contributed by atoms with van der Waals surface area (Å²) >= 11 is 0. The van der Waals surface area contributed by atoms with Gasteiger partial charge in [-0.1, -0.05) is 0 Å². The van der Waals surface area contributed by atoms with E-state index in [1.54, 1.807) is 36.1 Å². The largest absolute Gasteiger partial charge is 0.497 e. The number of anilines is 1. The van der Waals surface area contributed by atoms with Crippen LogP contribution in [-0.4, -0.2) is 38.9 Å². The van der Waals surface area contributed by atoms with Crippen molar-refractivity contribution in [2.75, 3.05) is 25.4 Å². The summed E-state index contributed by atoms with van der Waals surface area (Å²) in [5.74, 6) is 0.665. The predicted octanol–water partition coefficient (Wildman–Crippen LogP) is 0.912. The smallest absolute Gasteiger partial charge is 0.265 e. The quantitative estimate of drug-likeness (QED) is 0.794. The molecule has 1 aromatic carbocycles. The highest BCUT2D eigenvalue weighted by Crippen LogP contribution is 2.18. The number of nitrogens with one attached hydrogen (secondary N) is 2. The molecule has 114 valence electrons. The monoisotopic (exact) mass is 310 g/mol. The third-order valence-corrected chi connectivity index (χ3v) is 4.19. The van der Waals surface area contributed by atoms with E-state index in [9.17, 15) is 8.42 Å². The van der Waals surface area contributed by atoms with Gasteiger partial charge in [0.15, 0.2) is 0 Å². The van der Waals surface area contributed by atoms with Gasteiger partial charge >= 0.3 is 0 Å². The summed E-state index contributed by atoms with van der Waals surface area (Å²) in [6, 6.07) is 6.66. The van der Waals surface area contributed by atoms with Gasteiger partial charge in [0.05, 0.1) is 19.9 Å². The number of benzene rings is 1. The fourth-order valence-electron chi connectivity index (χ4n) is 1.71. The van der Waals surface area contributed by atoms with Crippen LogP contribution in [0, 0.1) is 0 Å². The van der Waals surface area contributed by atoms with Crippen molar-refractivity contribution < 1.29 is 13.2 Å². The summed E-state index contributed by atoms with van der Waals surface area (Å²) in [5.41, 5.74) is 0.471. The molecule has 0 amide bonds. The number of hydrogen-bond donors (Lipinski definition) is 2. The Morgan fingerprint density at radius 3 is 2.62 bits per heavy atom. The Bertz CT molecular complexity index is 680. The minimum absolute atomic E-state index is 0.134. The van der Waals surface area contributed by atoms with Crippen LogP contribution in [0.15, 0.2) is 41.6 Å². The lowest BCUT2D eigenvalue weighted by Gasteiger charge is -2.07. The maximum absolute atomic E-state index is 12.2. The second-order valence-electron chi connectivity index (χ2n) is 4.38. The van der Waals surface area contributed by atoms with Crippen molar-refractivity contribution in [2.24, 2.45) is 0 Å². The average Bonchev–Trinajstić information content (AvgIpc) is 2.95. The molecule has 0 fully saturated rings. The first-order valence-corrected chi connectivity index (χ1v) is 7.87.